The van der Waals surface area contributed by atoms with Gasteiger partial charge in [-0.1, -0.05) is 41.9 Å². The molecule has 6 rings (SSSR count). The normalized spacial score (nSPS) is 16.9. The van der Waals surface area contributed by atoms with Gasteiger partial charge < -0.3 is 29.7 Å². The summed E-state index contributed by atoms with van der Waals surface area (Å²) < 4.78 is 56.4. The molecule has 0 aliphatic heterocycles. The van der Waals surface area contributed by atoms with Crippen molar-refractivity contribution in [1.29, 1.82) is 0 Å². The Hall–Kier alpha value is -4.95. The third-order valence-corrected chi connectivity index (χ3v) is 7.81. The molecule has 232 valence electrons. The summed E-state index contributed by atoms with van der Waals surface area (Å²) in [4.78, 5) is 30.4. The van der Waals surface area contributed by atoms with E-state index < -0.39 is 29.4 Å². The summed E-state index contributed by atoms with van der Waals surface area (Å²) in [7, 11) is 1.57. The number of pyridine rings is 2. The van der Waals surface area contributed by atoms with Gasteiger partial charge in [-0.2, -0.15) is 18.2 Å². The van der Waals surface area contributed by atoms with Crippen LogP contribution in [0.5, 0.6) is 5.75 Å². The molecule has 0 spiro atoms. The lowest BCUT2D eigenvalue weighted by molar-refractivity contribution is -0.138. The van der Waals surface area contributed by atoms with Crippen LogP contribution in [-0.2, 0) is 24.6 Å². The number of aryl methyl sites for hydroxylation is 1. The molecule has 45 heavy (non-hydrogen) atoms. The van der Waals surface area contributed by atoms with Crippen LogP contribution >= 0.6 is 11.6 Å². The number of nitrogens with one attached hydrogen (secondary N) is 1. The maximum absolute atomic E-state index is 14.0. The topological polar surface area (TPSA) is 135 Å². The summed E-state index contributed by atoms with van der Waals surface area (Å²) in [5.74, 6) is 0.320. The number of imidazole rings is 1. The highest BCUT2D eigenvalue weighted by atomic mass is 35.5. The predicted molar refractivity (Wildman–Crippen MR) is 161 cm³/mol. The van der Waals surface area contributed by atoms with Gasteiger partial charge in [-0.3, -0.25) is 9.78 Å². The van der Waals surface area contributed by atoms with Crippen molar-refractivity contribution in [3.8, 4) is 5.75 Å². The number of hydrogen-bond donors (Lipinski definition) is 2. The molecule has 15 heteroatoms. The van der Waals surface area contributed by atoms with Gasteiger partial charge in [0, 0.05) is 31.8 Å². The summed E-state index contributed by atoms with van der Waals surface area (Å²) in [5, 5.41) is 2.87. The molecule has 0 saturated heterocycles. The summed E-state index contributed by atoms with van der Waals surface area (Å²) in [5.41, 5.74) is 5.50. The van der Waals surface area contributed by atoms with Crippen LogP contribution in [-0.4, -0.2) is 35.2 Å². The number of aromatic nitrogens is 6. The fourth-order valence-electron chi connectivity index (χ4n) is 4.97. The predicted octanol–water partition coefficient (Wildman–Crippen LogP) is 5.59. The van der Waals surface area contributed by atoms with Crippen LogP contribution in [0.3, 0.4) is 0 Å². The van der Waals surface area contributed by atoms with Crippen molar-refractivity contribution < 1.29 is 22.6 Å². The van der Waals surface area contributed by atoms with E-state index in [2.05, 4.69) is 25.3 Å². The number of rotatable bonds is 9. The van der Waals surface area contributed by atoms with Crippen LogP contribution in [0.1, 0.15) is 35.7 Å². The number of ether oxygens (including phenoxy) is 2. The first kappa shape index (κ1) is 30.1. The minimum Gasteiger partial charge on any atom is -0.450 e. The molecule has 1 aromatic carbocycles. The lowest BCUT2D eigenvalue weighted by atomic mass is 9.88. The maximum atomic E-state index is 14.0. The van der Waals surface area contributed by atoms with Crippen LogP contribution < -0.4 is 21.3 Å². The van der Waals surface area contributed by atoms with E-state index in [9.17, 15) is 18.0 Å². The van der Waals surface area contributed by atoms with E-state index in [0.717, 1.165) is 22.4 Å². The summed E-state index contributed by atoms with van der Waals surface area (Å²) in [6.45, 7) is 0.279. The highest BCUT2D eigenvalue weighted by molar-refractivity contribution is 6.36. The van der Waals surface area contributed by atoms with Crippen LogP contribution in [0.2, 0.25) is 5.02 Å². The average Bonchev–Trinajstić information content (AvgIpc) is 3.33. The SMILES string of the molecule is Cn1c(Nc2cc(C(F)(F)F)cn([C@H]3CC[C@@H]3OCc3ccccc3)c2=O)nc2ncc(OC(=CN)c3cnccn3)c(Cl)c21. The van der Waals surface area contributed by atoms with E-state index >= 15 is 0 Å². The van der Waals surface area contributed by atoms with Gasteiger partial charge >= 0.3 is 6.18 Å². The Labute approximate surface area is 259 Å². The van der Waals surface area contributed by atoms with Crippen molar-refractivity contribution in [2.45, 2.75) is 37.8 Å². The zero-order chi connectivity index (χ0) is 31.7. The van der Waals surface area contributed by atoms with Crippen molar-refractivity contribution in [1.82, 2.24) is 29.1 Å². The van der Waals surface area contributed by atoms with Crippen molar-refractivity contribution in [2.75, 3.05) is 5.32 Å². The quantitative estimate of drug-likeness (QED) is 0.198. The molecule has 0 radical (unpaired) electrons. The molecular formula is C30H26ClF3N8O3. The van der Waals surface area contributed by atoms with Crippen molar-refractivity contribution >= 4 is 40.2 Å². The molecule has 1 saturated carbocycles. The van der Waals surface area contributed by atoms with E-state index in [-0.39, 0.29) is 40.4 Å². The third kappa shape index (κ3) is 6.06. The lowest BCUT2D eigenvalue weighted by Crippen LogP contribution is -2.41. The summed E-state index contributed by atoms with van der Waals surface area (Å²) in [6, 6.07) is 9.61. The molecule has 0 bridgehead atoms. The zero-order valence-corrected chi connectivity index (χ0v) is 24.5. The number of fused-ring (bicyclic) bond motifs is 1. The molecule has 11 nitrogen and oxygen atoms in total. The highest BCUT2D eigenvalue weighted by Crippen LogP contribution is 2.38. The fourth-order valence-corrected chi connectivity index (χ4v) is 5.27. The van der Waals surface area contributed by atoms with E-state index in [1.165, 1.54) is 35.6 Å². The largest absolute Gasteiger partial charge is 0.450 e. The second-order valence-corrected chi connectivity index (χ2v) is 10.7. The van der Waals surface area contributed by atoms with Gasteiger partial charge in [0.15, 0.2) is 17.2 Å². The molecule has 4 heterocycles. The lowest BCUT2D eigenvalue weighted by Gasteiger charge is -2.38. The number of anilines is 2. The molecule has 3 N–H and O–H groups in total. The van der Waals surface area contributed by atoms with Gasteiger partial charge in [-0.25, -0.2) is 9.97 Å². The third-order valence-electron chi connectivity index (χ3n) is 7.45. The zero-order valence-electron chi connectivity index (χ0n) is 23.7. The Morgan fingerprint density at radius 2 is 1.98 bits per heavy atom. The second kappa shape index (κ2) is 12.2. The number of hydrogen-bond acceptors (Lipinski definition) is 9. The Balaban J connectivity index is 1.31. The first-order chi connectivity index (χ1) is 21.6. The Morgan fingerprint density at radius 3 is 2.64 bits per heavy atom. The first-order valence-electron chi connectivity index (χ1n) is 13.8. The van der Waals surface area contributed by atoms with E-state index in [1.807, 2.05) is 30.3 Å². The molecule has 2 atom stereocenters. The molecule has 4 aromatic heterocycles. The van der Waals surface area contributed by atoms with Gasteiger partial charge in [0.1, 0.15) is 21.9 Å². The van der Waals surface area contributed by atoms with Gasteiger partial charge in [0.05, 0.1) is 36.7 Å². The number of halogens is 4. The minimum absolute atomic E-state index is 0.0357. The first-order valence-corrected chi connectivity index (χ1v) is 14.1. The second-order valence-electron chi connectivity index (χ2n) is 10.3. The van der Waals surface area contributed by atoms with E-state index in [1.54, 1.807) is 7.05 Å². The van der Waals surface area contributed by atoms with Crippen LogP contribution in [0.15, 0.2) is 78.4 Å². The van der Waals surface area contributed by atoms with Gasteiger partial charge in [-0.15, -0.1) is 0 Å². The van der Waals surface area contributed by atoms with Gasteiger partial charge in [-0.05, 0) is 24.5 Å². The van der Waals surface area contributed by atoms with Crippen molar-refractivity contribution in [3.05, 3.63) is 106 Å². The van der Waals surface area contributed by atoms with Crippen LogP contribution in [0.25, 0.3) is 16.9 Å². The Morgan fingerprint density at radius 1 is 1.18 bits per heavy atom. The minimum atomic E-state index is -4.71. The number of nitrogens with zero attached hydrogens (tertiary/aromatic N) is 6. The fraction of sp³-hybridized carbons (Fsp3) is 0.233. The number of benzene rings is 1. The van der Waals surface area contributed by atoms with E-state index in [4.69, 9.17) is 26.8 Å². The van der Waals surface area contributed by atoms with Gasteiger partial charge in [0.25, 0.3) is 5.56 Å². The van der Waals surface area contributed by atoms with E-state index in [0.29, 0.717) is 24.1 Å². The molecule has 0 amide bonds. The molecule has 0 unspecified atom stereocenters. The summed E-state index contributed by atoms with van der Waals surface area (Å²) >= 11 is 6.67. The maximum Gasteiger partial charge on any atom is 0.417 e. The number of nitrogens with two attached hydrogens (primary N) is 1. The molecular weight excluding hydrogens is 613 g/mol. The molecule has 1 fully saturated rings. The average molecular weight is 639 g/mol. The summed E-state index contributed by atoms with van der Waals surface area (Å²) in [6.07, 6.45) is 3.73. The smallest absolute Gasteiger partial charge is 0.417 e. The molecule has 5 aromatic rings. The Kier molecular flexibility index (Phi) is 8.16. The van der Waals surface area contributed by atoms with Crippen molar-refractivity contribution in [3.63, 3.8) is 0 Å². The number of alkyl halides is 3. The van der Waals surface area contributed by atoms with Gasteiger partial charge in [0.2, 0.25) is 5.95 Å². The standard InChI is InChI=1S/C30H26ClF3N8O3/c1-41-26-25(31)24(45-23(12-35)20-13-36-9-10-37-20)14-38-27(26)40-29(41)39-19-11-18(30(32,33)34)15-42(28(19)43)21-7-8-22(21)44-16-17-5-3-2-4-6-17/h2-6,9-15,21-22H,7-8,16,35H2,1H3,(H,38,39,40)/t21-,22-/m0/s1. The van der Waals surface area contributed by atoms with Crippen molar-refractivity contribution in [2.24, 2.45) is 12.8 Å². The Bertz CT molecular complexity index is 1930. The van der Waals surface area contributed by atoms with Crippen LogP contribution in [0, 0.1) is 0 Å². The highest BCUT2D eigenvalue weighted by Gasteiger charge is 2.38. The molecule has 1 aliphatic rings. The van der Waals surface area contributed by atoms with Crippen LogP contribution in [0.4, 0.5) is 24.8 Å². The molecule has 1 aliphatic carbocycles. The monoisotopic (exact) mass is 638 g/mol.